The summed E-state index contributed by atoms with van der Waals surface area (Å²) in [4.78, 5) is 51.2. The Morgan fingerprint density at radius 3 is 1.61 bits per heavy atom. The average molecular weight is 567 g/mol. The van der Waals surface area contributed by atoms with Crippen molar-refractivity contribution in [3.8, 4) is 5.75 Å². The molecule has 0 unspecified atom stereocenters. The summed E-state index contributed by atoms with van der Waals surface area (Å²) in [7, 11) is 0. The van der Waals surface area contributed by atoms with Crippen molar-refractivity contribution in [3.05, 3.63) is 90.5 Å². The van der Waals surface area contributed by atoms with Crippen LogP contribution in [-0.4, -0.2) is 93.0 Å². The molecule has 0 amide bonds. The zero-order chi connectivity index (χ0) is 29.5. The molecule has 11 nitrogen and oxygen atoms in total. The normalized spacial score (nSPS) is 13.5. The molecule has 0 aromatic heterocycles. The molecule has 2 aromatic rings. The van der Waals surface area contributed by atoms with Crippen molar-refractivity contribution in [1.29, 1.82) is 0 Å². The van der Waals surface area contributed by atoms with E-state index in [1.165, 1.54) is 0 Å². The maximum Gasteiger partial charge on any atom is 0.338 e. The number of carbonyl (C=O) groups excluding carboxylic acids is 4. The minimum Gasteiger partial charge on any atom is -0.461 e. The summed E-state index contributed by atoms with van der Waals surface area (Å²) in [5, 5.41) is 0. The van der Waals surface area contributed by atoms with Gasteiger partial charge in [0.2, 0.25) is 6.79 Å². The Balaban J connectivity index is 1.26. The number of carbonyl (C=O) groups is 4. The van der Waals surface area contributed by atoms with Crippen LogP contribution in [-0.2, 0) is 35.1 Å². The number of esters is 4. The lowest BCUT2D eigenvalue weighted by atomic mass is 10.1. The number of rotatable bonds is 15. The van der Waals surface area contributed by atoms with E-state index in [0.717, 1.165) is 43.9 Å². The quantitative estimate of drug-likeness (QED) is 0.137. The number of nitrogens with zero attached hydrogens (tertiary/aromatic N) is 2. The molecule has 1 fully saturated rings. The molecule has 11 heteroatoms. The summed E-state index contributed by atoms with van der Waals surface area (Å²) in [5.41, 5.74) is 1.58. The van der Waals surface area contributed by atoms with Gasteiger partial charge < -0.3 is 23.7 Å². The van der Waals surface area contributed by atoms with Gasteiger partial charge in [-0.2, -0.15) is 0 Å². The molecule has 1 saturated heterocycles. The van der Waals surface area contributed by atoms with Crippen LogP contribution in [0.5, 0.6) is 5.75 Å². The van der Waals surface area contributed by atoms with Crippen LogP contribution in [0.4, 0.5) is 0 Å². The van der Waals surface area contributed by atoms with Gasteiger partial charge in [0.25, 0.3) is 0 Å². The lowest BCUT2D eigenvalue weighted by Crippen LogP contribution is -2.48. The Bertz CT molecular complexity index is 1190. The highest BCUT2D eigenvalue weighted by Crippen LogP contribution is 2.13. The Hall–Kier alpha value is -4.48. The second-order valence-electron chi connectivity index (χ2n) is 8.92. The molecule has 3 rings (SSSR count). The van der Waals surface area contributed by atoms with Crippen molar-refractivity contribution >= 4 is 23.9 Å². The van der Waals surface area contributed by atoms with Crippen LogP contribution < -0.4 is 4.74 Å². The molecular formula is C30H34N2O9. The Morgan fingerprint density at radius 1 is 0.659 bits per heavy atom. The first-order valence-corrected chi connectivity index (χ1v) is 13.1. The van der Waals surface area contributed by atoms with Gasteiger partial charge >= 0.3 is 23.9 Å². The first-order valence-electron chi connectivity index (χ1n) is 13.1. The van der Waals surface area contributed by atoms with Gasteiger partial charge in [-0.1, -0.05) is 25.3 Å². The lowest BCUT2D eigenvalue weighted by molar-refractivity contribution is -0.144. The van der Waals surface area contributed by atoms with Crippen LogP contribution in [0.15, 0.2) is 73.8 Å². The Labute approximate surface area is 238 Å². The van der Waals surface area contributed by atoms with E-state index in [-0.39, 0.29) is 26.6 Å². The van der Waals surface area contributed by atoms with Crippen LogP contribution in [0.25, 0.3) is 0 Å². The van der Waals surface area contributed by atoms with Gasteiger partial charge in [-0.15, -0.1) is 0 Å². The van der Waals surface area contributed by atoms with Crippen molar-refractivity contribution in [2.75, 3.05) is 59.3 Å². The third-order valence-electron chi connectivity index (χ3n) is 6.17. The molecule has 2 aromatic carbocycles. The molecule has 1 aliphatic rings. The topological polar surface area (TPSA) is 121 Å². The minimum atomic E-state index is -0.584. The summed E-state index contributed by atoms with van der Waals surface area (Å²) in [6, 6.07) is 13.1. The molecule has 0 aliphatic carbocycles. The number of hydrogen-bond acceptors (Lipinski definition) is 11. The molecule has 0 atom stereocenters. The second kappa shape index (κ2) is 16.6. The number of hydrogen-bond donors (Lipinski definition) is 0. The molecule has 218 valence electrons. The lowest BCUT2D eigenvalue weighted by Gasteiger charge is -2.34. The highest BCUT2D eigenvalue weighted by molar-refractivity contribution is 5.90. The van der Waals surface area contributed by atoms with Gasteiger partial charge in [0, 0.05) is 51.4 Å². The molecule has 0 saturated carbocycles. The fourth-order valence-electron chi connectivity index (χ4n) is 3.79. The van der Waals surface area contributed by atoms with Gasteiger partial charge in [0.1, 0.15) is 25.6 Å². The average Bonchev–Trinajstić information content (AvgIpc) is 3.01. The SMILES string of the molecule is C=CC(=O)OCOc1ccc(C(=O)OCCN2CCN(CCOC(=O)c3ccc(COC(=O)C=C)cc3)CC2)cc1. The first kappa shape index (κ1) is 31.1. The number of ether oxygens (including phenoxy) is 5. The van der Waals surface area contributed by atoms with Gasteiger partial charge in [0.05, 0.1) is 11.1 Å². The highest BCUT2D eigenvalue weighted by Gasteiger charge is 2.18. The fraction of sp³-hybridized carbons (Fsp3) is 0.333. The van der Waals surface area contributed by atoms with Gasteiger partial charge in [0.15, 0.2) is 0 Å². The monoisotopic (exact) mass is 566 g/mol. The maximum absolute atomic E-state index is 12.3. The van der Waals surface area contributed by atoms with E-state index in [1.807, 2.05) is 0 Å². The zero-order valence-corrected chi connectivity index (χ0v) is 22.8. The van der Waals surface area contributed by atoms with Crippen molar-refractivity contribution in [1.82, 2.24) is 9.80 Å². The number of piperazine rings is 1. The zero-order valence-electron chi connectivity index (χ0n) is 22.8. The summed E-state index contributed by atoms with van der Waals surface area (Å²) in [6.45, 7) is 11.5. The smallest absolute Gasteiger partial charge is 0.338 e. The summed E-state index contributed by atoms with van der Waals surface area (Å²) in [6.07, 6.45) is 2.14. The van der Waals surface area contributed by atoms with E-state index in [2.05, 4.69) is 23.0 Å². The van der Waals surface area contributed by atoms with Crippen molar-refractivity contribution in [2.24, 2.45) is 0 Å². The third-order valence-corrected chi connectivity index (χ3v) is 6.17. The van der Waals surface area contributed by atoms with E-state index in [4.69, 9.17) is 23.7 Å². The second-order valence-corrected chi connectivity index (χ2v) is 8.92. The molecule has 0 radical (unpaired) electrons. The molecule has 1 heterocycles. The molecule has 41 heavy (non-hydrogen) atoms. The molecule has 0 spiro atoms. The summed E-state index contributed by atoms with van der Waals surface area (Å²) >= 11 is 0. The third kappa shape index (κ3) is 10.9. The van der Waals surface area contributed by atoms with Crippen LogP contribution in [0.3, 0.4) is 0 Å². The molecule has 0 N–H and O–H groups in total. The van der Waals surface area contributed by atoms with E-state index in [0.29, 0.717) is 30.0 Å². The fourth-order valence-corrected chi connectivity index (χ4v) is 3.79. The van der Waals surface area contributed by atoms with Gasteiger partial charge in [-0.25, -0.2) is 19.2 Å². The van der Waals surface area contributed by atoms with Gasteiger partial charge in [-0.05, 0) is 42.0 Å². The predicted molar refractivity (Wildman–Crippen MR) is 148 cm³/mol. The largest absolute Gasteiger partial charge is 0.461 e. The van der Waals surface area contributed by atoms with E-state index < -0.39 is 23.9 Å². The van der Waals surface area contributed by atoms with Crippen LogP contribution in [0.1, 0.15) is 26.3 Å². The van der Waals surface area contributed by atoms with E-state index >= 15 is 0 Å². The van der Waals surface area contributed by atoms with Crippen LogP contribution in [0, 0.1) is 0 Å². The molecule has 1 aliphatic heterocycles. The summed E-state index contributed by atoms with van der Waals surface area (Å²) in [5.74, 6) is -1.47. The van der Waals surface area contributed by atoms with Crippen LogP contribution in [0.2, 0.25) is 0 Å². The molecular weight excluding hydrogens is 532 g/mol. The Kier molecular flexibility index (Phi) is 12.6. The predicted octanol–water partition coefficient (Wildman–Crippen LogP) is 2.61. The van der Waals surface area contributed by atoms with Crippen molar-refractivity contribution < 1.29 is 42.9 Å². The van der Waals surface area contributed by atoms with E-state index in [1.54, 1.807) is 48.5 Å². The van der Waals surface area contributed by atoms with Crippen LogP contribution >= 0.6 is 0 Å². The minimum absolute atomic E-state index is 0.109. The standard InChI is InChI=1S/C30H34N2O9/c1-3-27(33)39-21-23-5-7-24(8-6-23)29(35)37-19-17-31-13-15-32(16-14-31)18-20-38-30(36)25-9-11-26(12-10-25)40-22-41-28(34)4-2/h3-12H,1-2,13-22H2. The molecule has 0 bridgehead atoms. The van der Waals surface area contributed by atoms with Crippen molar-refractivity contribution in [2.45, 2.75) is 6.61 Å². The first-order chi connectivity index (χ1) is 19.9. The summed E-state index contributed by atoms with van der Waals surface area (Å²) < 4.78 is 25.8. The van der Waals surface area contributed by atoms with Crippen molar-refractivity contribution in [3.63, 3.8) is 0 Å². The Morgan fingerprint density at radius 2 is 1.12 bits per heavy atom. The van der Waals surface area contributed by atoms with Gasteiger partial charge in [-0.3, -0.25) is 9.80 Å². The highest BCUT2D eigenvalue weighted by atomic mass is 16.7. The number of benzene rings is 2. The van der Waals surface area contributed by atoms with E-state index in [9.17, 15) is 19.2 Å². The maximum atomic E-state index is 12.3.